The van der Waals surface area contributed by atoms with E-state index in [1.54, 1.807) is 0 Å². The fraction of sp³-hybridized carbons (Fsp3) is 0.759. The SMILES string of the molecule is CCCCC/C=C\CCCCC(CC1=C(CCCCCC)C(=O)O1)OC(=O)C(CC(C)C)NC=O. The largest absolute Gasteiger partial charge is 0.460 e. The number of unbranched alkanes of at least 4 members (excludes halogenated alkanes) is 8. The molecule has 2 atom stereocenters. The number of amides is 1. The van der Waals surface area contributed by atoms with Crippen molar-refractivity contribution in [3.05, 3.63) is 23.5 Å². The van der Waals surface area contributed by atoms with Crippen molar-refractivity contribution in [2.45, 2.75) is 136 Å². The number of cyclic esters (lactones) is 1. The Morgan fingerprint density at radius 3 is 2.23 bits per heavy atom. The molecule has 0 aromatic rings. The summed E-state index contributed by atoms with van der Waals surface area (Å²) in [5, 5.41) is 2.60. The molecule has 0 radical (unpaired) electrons. The molecule has 6 nitrogen and oxygen atoms in total. The molecule has 1 aliphatic heterocycles. The van der Waals surface area contributed by atoms with Gasteiger partial charge in [-0.05, 0) is 63.7 Å². The van der Waals surface area contributed by atoms with Gasteiger partial charge in [-0.3, -0.25) is 4.79 Å². The van der Waals surface area contributed by atoms with Gasteiger partial charge in [-0.1, -0.05) is 72.0 Å². The van der Waals surface area contributed by atoms with Crippen LogP contribution in [0.15, 0.2) is 23.5 Å². The summed E-state index contributed by atoms with van der Waals surface area (Å²) in [6.45, 7) is 8.38. The normalized spacial score (nSPS) is 15.2. The lowest BCUT2D eigenvalue weighted by Gasteiger charge is -2.27. The van der Waals surface area contributed by atoms with Crippen LogP contribution in [0, 0.1) is 5.92 Å². The van der Waals surface area contributed by atoms with Gasteiger partial charge >= 0.3 is 11.9 Å². The Bertz CT molecular complexity index is 683. The fourth-order valence-electron chi connectivity index (χ4n) is 4.26. The minimum absolute atomic E-state index is 0.241. The van der Waals surface area contributed by atoms with Gasteiger partial charge in [-0.25, -0.2) is 9.59 Å². The number of hydrogen-bond acceptors (Lipinski definition) is 5. The molecule has 200 valence electrons. The molecule has 0 aromatic carbocycles. The summed E-state index contributed by atoms with van der Waals surface area (Å²) in [6.07, 6.45) is 19.3. The van der Waals surface area contributed by atoms with Crippen LogP contribution in [0.2, 0.25) is 0 Å². The van der Waals surface area contributed by atoms with Crippen molar-refractivity contribution < 1.29 is 23.9 Å². The molecule has 0 saturated heterocycles. The number of carbonyl (C=O) groups is 3. The van der Waals surface area contributed by atoms with Gasteiger partial charge < -0.3 is 14.8 Å². The van der Waals surface area contributed by atoms with E-state index in [1.807, 2.05) is 13.8 Å². The molecule has 0 spiro atoms. The van der Waals surface area contributed by atoms with Gasteiger partial charge in [0.2, 0.25) is 6.41 Å². The molecule has 1 heterocycles. The zero-order valence-electron chi connectivity index (χ0n) is 22.6. The van der Waals surface area contributed by atoms with Gasteiger partial charge in [-0.15, -0.1) is 0 Å². The number of carbonyl (C=O) groups excluding carboxylic acids is 3. The van der Waals surface area contributed by atoms with Crippen LogP contribution in [0.4, 0.5) is 0 Å². The number of nitrogens with one attached hydrogen (secondary N) is 1. The number of hydrogen-bond donors (Lipinski definition) is 1. The van der Waals surface area contributed by atoms with Crippen LogP contribution >= 0.6 is 0 Å². The van der Waals surface area contributed by atoms with E-state index in [1.165, 1.54) is 19.3 Å². The Hall–Kier alpha value is -2.11. The van der Waals surface area contributed by atoms with E-state index in [4.69, 9.17) is 9.47 Å². The minimum atomic E-state index is -0.660. The van der Waals surface area contributed by atoms with Crippen LogP contribution in [-0.4, -0.2) is 30.5 Å². The predicted octanol–water partition coefficient (Wildman–Crippen LogP) is 6.93. The molecule has 35 heavy (non-hydrogen) atoms. The van der Waals surface area contributed by atoms with Crippen molar-refractivity contribution in [2.24, 2.45) is 5.92 Å². The predicted molar refractivity (Wildman–Crippen MR) is 141 cm³/mol. The van der Waals surface area contributed by atoms with Gasteiger partial charge in [0.15, 0.2) is 0 Å². The second-order valence-corrected chi connectivity index (χ2v) is 10.1. The van der Waals surface area contributed by atoms with E-state index < -0.39 is 12.0 Å². The highest BCUT2D eigenvalue weighted by Gasteiger charge is 2.33. The molecule has 1 rings (SSSR count). The highest BCUT2D eigenvalue weighted by atomic mass is 16.6. The van der Waals surface area contributed by atoms with Crippen LogP contribution in [-0.2, 0) is 23.9 Å². The monoisotopic (exact) mass is 491 g/mol. The second-order valence-electron chi connectivity index (χ2n) is 10.1. The first-order valence-electron chi connectivity index (χ1n) is 13.9. The molecule has 0 bridgehead atoms. The van der Waals surface area contributed by atoms with Crippen molar-refractivity contribution in [3.8, 4) is 0 Å². The third-order valence-corrected chi connectivity index (χ3v) is 6.32. The number of ether oxygens (including phenoxy) is 2. The standard InChI is InChI=1S/C29H49NO5/c1-5-7-9-11-12-13-14-15-16-18-24(34-29(33)26(30-22-31)20-23(3)4)21-27-25(28(32)35-27)19-17-10-8-6-2/h12-13,22-24,26H,5-11,14-21H2,1-4H3,(H,30,31)/b13-12-. The molecule has 0 aliphatic carbocycles. The lowest BCUT2D eigenvalue weighted by molar-refractivity contribution is -0.154. The van der Waals surface area contributed by atoms with Crippen LogP contribution in [0.5, 0.6) is 0 Å². The maximum Gasteiger partial charge on any atom is 0.342 e. The Kier molecular flexibility index (Phi) is 16.9. The number of esters is 2. The second kappa shape index (κ2) is 19.1. The van der Waals surface area contributed by atoms with Crippen LogP contribution in [0.3, 0.4) is 0 Å². The molecule has 2 unspecified atom stereocenters. The van der Waals surface area contributed by atoms with Gasteiger partial charge in [-0.2, -0.15) is 0 Å². The van der Waals surface area contributed by atoms with Gasteiger partial charge in [0.1, 0.15) is 17.9 Å². The number of rotatable bonds is 22. The van der Waals surface area contributed by atoms with Crippen molar-refractivity contribution in [1.29, 1.82) is 0 Å². The molecule has 0 aromatic heterocycles. The molecule has 1 N–H and O–H groups in total. The first-order chi connectivity index (χ1) is 16.9. The summed E-state index contributed by atoms with van der Waals surface area (Å²) in [5.74, 6) is 0.258. The van der Waals surface area contributed by atoms with E-state index in [9.17, 15) is 14.4 Å². The smallest absolute Gasteiger partial charge is 0.342 e. The van der Waals surface area contributed by atoms with E-state index >= 15 is 0 Å². The van der Waals surface area contributed by atoms with Crippen molar-refractivity contribution in [2.75, 3.05) is 0 Å². The Morgan fingerprint density at radius 2 is 1.63 bits per heavy atom. The lowest BCUT2D eigenvalue weighted by Crippen LogP contribution is -2.40. The Balaban J connectivity index is 2.70. The summed E-state index contributed by atoms with van der Waals surface area (Å²) < 4.78 is 11.2. The topological polar surface area (TPSA) is 81.7 Å². The molecule has 0 saturated carbocycles. The average molecular weight is 492 g/mol. The van der Waals surface area contributed by atoms with Gasteiger partial charge in [0, 0.05) is 6.42 Å². The molecular weight excluding hydrogens is 442 g/mol. The van der Waals surface area contributed by atoms with E-state index in [0.717, 1.165) is 63.4 Å². The third kappa shape index (κ3) is 13.5. The molecule has 1 amide bonds. The molecule has 0 fully saturated rings. The molecule has 1 aliphatic rings. The zero-order valence-corrected chi connectivity index (χ0v) is 22.6. The highest BCUT2D eigenvalue weighted by Crippen LogP contribution is 2.31. The van der Waals surface area contributed by atoms with E-state index in [2.05, 4.69) is 31.3 Å². The summed E-state index contributed by atoms with van der Waals surface area (Å²) in [6, 6.07) is -0.660. The summed E-state index contributed by atoms with van der Waals surface area (Å²) >= 11 is 0. The molecule has 6 heteroatoms. The van der Waals surface area contributed by atoms with Crippen molar-refractivity contribution >= 4 is 18.3 Å². The quantitative estimate of drug-likeness (QED) is 0.0768. The van der Waals surface area contributed by atoms with Crippen LogP contribution in [0.1, 0.15) is 124 Å². The van der Waals surface area contributed by atoms with Crippen LogP contribution in [0.25, 0.3) is 0 Å². The van der Waals surface area contributed by atoms with Crippen molar-refractivity contribution in [3.63, 3.8) is 0 Å². The first kappa shape index (κ1) is 30.9. The summed E-state index contributed by atoms with van der Waals surface area (Å²) in [4.78, 5) is 35.9. The Morgan fingerprint density at radius 1 is 0.971 bits per heavy atom. The van der Waals surface area contributed by atoms with E-state index in [-0.39, 0.29) is 18.0 Å². The van der Waals surface area contributed by atoms with Crippen molar-refractivity contribution in [1.82, 2.24) is 5.32 Å². The van der Waals surface area contributed by atoms with Crippen LogP contribution < -0.4 is 5.32 Å². The third-order valence-electron chi connectivity index (χ3n) is 6.32. The summed E-state index contributed by atoms with van der Waals surface area (Å²) in [7, 11) is 0. The number of allylic oxidation sites excluding steroid dienone is 2. The highest BCUT2D eigenvalue weighted by molar-refractivity contribution is 5.95. The Labute approximate surface area is 213 Å². The zero-order chi connectivity index (χ0) is 25.9. The van der Waals surface area contributed by atoms with E-state index in [0.29, 0.717) is 31.4 Å². The minimum Gasteiger partial charge on any atom is -0.460 e. The van der Waals surface area contributed by atoms with Gasteiger partial charge in [0.05, 0.1) is 5.57 Å². The summed E-state index contributed by atoms with van der Waals surface area (Å²) in [5.41, 5.74) is 0.752. The van der Waals surface area contributed by atoms with Gasteiger partial charge in [0.25, 0.3) is 0 Å². The average Bonchev–Trinajstić information content (AvgIpc) is 2.81. The maximum absolute atomic E-state index is 12.8. The maximum atomic E-state index is 12.8. The molecular formula is C29H49NO5. The lowest BCUT2D eigenvalue weighted by atomic mass is 9.97. The first-order valence-corrected chi connectivity index (χ1v) is 13.9. The fourth-order valence-corrected chi connectivity index (χ4v) is 4.26.